The molecule has 1 amide bonds. The molecule has 0 fully saturated rings. The molecule has 0 spiro atoms. The van der Waals surface area contributed by atoms with Gasteiger partial charge < -0.3 is 5.32 Å². The van der Waals surface area contributed by atoms with Crippen LogP contribution in [0.15, 0.2) is 46.3 Å². The molecule has 2 rings (SSSR count). The summed E-state index contributed by atoms with van der Waals surface area (Å²) in [5, 5.41) is 3.75. The van der Waals surface area contributed by atoms with Crippen LogP contribution >= 0.6 is 27.7 Å². The second kappa shape index (κ2) is 6.66. The summed E-state index contributed by atoms with van der Waals surface area (Å²) in [5.74, 6) is 0.364. The fourth-order valence-corrected chi connectivity index (χ4v) is 2.82. The predicted octanol–water partition coefficient (Wildman–Crippen LogP) is 3.64. The van der Waals surface area contributed by atoms with Gasteiger partial charge in [0.05, 0.1) is 5.75 Å². The van der Waals surface area contributed by atoms with Crippen LogP contribution in [0, 0.1) is 0 Å². The summed E-state index contributed by atoms with van der Waals surface area (Å²) in [7, 11) is 0. The number of nitrogens with one attached hydrogen (secondary N) is 1. The standard InChI is InChI=1S/C15H18BrN3OS/c1-15(2,3)18-13(20)10-21-14-17-8-9-19(14)12-6-4-11(16)5-7-12/h4-9H,10H2,1-3H3,(H,18,20). The van der Waals surface area contributed by atoms with Crippen LogP contribution in [0.5, 0.6) is 0 Å². The number of hydrogen-bond donors (Lipinski definition) is 1. The Bertz CT molecular complexity index is 617. The van der Waals surface area contributed by atoms with Crippen molar-refractivity contribution in [2.45, 2.75) is 31.5 Å². The zero-order chi connectivity index (χ0) is 15.5. The van der Waals surface area contributed by atoms with Crippen molar-refractivity contribution < 1.29 is 4.79 Å². The molecule has 0 atom stereocenters. The van der Waals surface area contributed by atoms with Gasteiger partial charge in [0.15, 0.2) is 5.16 Å². The Morgan fingerprint density at radius 3 is 2.62 bits per heavy atom. The Balaban J connectivity index is 2.04. The number of aromatic nitrogens is 2. The first-order valence-corrected chi connectivity index (χ1v) is 8.36. The van der Waals surface area contributed by atoms with E-state index in [0.29, 0.717) is 5.75 Å². The molecule has 2 aromatic rings. The third kappa shape index (κ3) is 4.89. The maximum atomic E-state index is 11.9. The van der Waals surface area contributed by atoms with E-state index in [2.05, 4.69) is 26.2 Å². The van der Waals surface area contributed by atoms with Crippen LogP contribution in [0.2, 0.25) is 0 Å². The van der Waals surface area contributed by atoms with Crippen LogP contribution in [0.1, 0.15) is 20.8 Å². The second-order valence-electron chi connectivity index (χ2n) is 5.64. The SMILES string of the molecule is CC(C)(C)NC(=O)CSc1nccn1-c1ccc(Br)cc1. The van der Waals surface area contributed by atoms with E-state index in [1.165, 1.54) is 11.8 Å². The van der Waals surface area contributed by atoms with Gasteiger partial charge >= 0.3 is 0 Å². The lowest BCUT2D eigenvalue weighted by atomic mass is 10.1. The van der Waals surface area contributed by atoms with Crippen LogP contribution in [-0.2, 0) is 4.79 Å². The molecule has 0 radical (unpaired) electrons. The monoisotopic (exact) mass is 367 g/mol. The van der Waals surface area contributed by atoms with E-state index in [4.69, 9.17) is 0 Å². The Morgan fingerprint density at radius 1 is 1.33 bits per heavy atom. The van der Waals surface area contributed by atoms with Gasteiger partial charge in [0.25, 0.3) is 0 Å². The molecule has 1 aromatic carbocycles. The molecular formula is C15H18BrN3OS. The molecule has 0 saturated heterocycles. The van der Waals surface area contributed by atoms with E-state index in [9.17, 15) is 4.79 Å². The lowest BCUT2D eigenvalue weighted by Crippen LogP contribution is -2.41. The third-order valence-corrected chi connectivity index (χ3v) is 4.05. The lowest BCUT2D eigenvalue weighted by molar-refractivity contribution is -0.119. The number of amides is 1. The largest absolute Gasteiger partial charge is 0.351 e. The summed E-state index contributed by atoms with van der Waals surface area (Å²) < 4.78 is 3.01. The van der Waals surface area contributed by atoms with Crippen molar-refractivity contribution >= 4 is 33.6 Å². The smallest absolute Gasteiger partial charge is 0.230 e. The molecule has 0 saturated carbocycles. The first kappa shape index (κ1) is 16.1. The van der Waals surface area contributed by atoms with Crippen molar-refractivity contribution in [1.29, 1.82) is 0 Å². The number of rotatable bonds is 4. The van der Waals surface area contributed by atoms with Crippen molar-refractivity contribution in [3.8, 4) is 5.69 Å². The zero-order valence-electron chi connectivity index (χ0n) is 12.3. The molecule has 0 bridgehead atoms. The van der Waals surface area contributed by atoms with Gasteiger partial charge in [-0.15, -0.1) is 0 Å². The quantitative estimate of drug-likeness (QED) is 0.839. The van der Waals surface area contributed by atoms with E-state index >= 15 is 0 Å². The molecule has 112 valence electrons. The number of benzene rings is 1. The number of thioether (sulfide) groups is 1. The number of halogens is 1. The number of imidazole rings is 1. The molecule has 0 aliphatic heterocycles. The molecule has 1 aromatic heterocycles. The van der Waals surface area contributed by atoms with Crippen LogP contribution in [0.4, 0.5) is 0 Å². The van der Waals surface area contributed by atoms with Crippen molar-refractivity contribution in [3.63, 3.8) is 0 Å². The maximum absolute atomic E-state index is 11.9. The summed E-state index contributed by atoms with van der Waals surface area (Å²) in [4.78, 5) is 16.2. The highest BCUT2D eigenvalue weighted by atomic mass is 79.9. The summed E-state index contributed by atoms with van der Waals surface area (Å²) in [6.07, 6.45) is 3.64. The molecular weight excluding hydrogens is 350 g/mol. The van der Waals surface area contributed by atoms with Crippen LogP contribution in [0.25, 0.3) is 5.69 Å². The molecule has 21 heavy (non-hydrogen) atoms. The highest BCUT2D eigenvalue weighted by Crippen LogP contribution is 2.21. The summed E-state index contributed by atoms with van der Waals surface area (Å²) in [6, 6.07) is 7.97. The Morgan fingerprint density at radius 2 is 2.00 bits per heavy atom. The van der Waals surface area contributed by atoms with Gasteiger partial charge in [0.1, 0.15) is 0 Å². The zero-order valence-corrected chi connectivity index (χ0v) is 14.7. The van der Waals surface area contributed by atoms with Crippen LogP contribution in [0.3, 0.4) is 0 Å². The molecule has 4 nitrogen and oxygen atoms in total. The van der Waals surface area contributed by atoms with E-state index in [1.807, 2.05) is 55.8 Å². The Labute approximate surface area is 137 Å². The average Bonchev–Trinajstić information content (AvgIpc) is 2.83. The number of carbonyl (C=O) groups excluding carboxylic acids is 1. The first-order valence-electron chi connectivity index (χ1n) is 6.58. The number of hydrogen-bond acceptors (Lipinski definition) is 3. The topological polar surface area (TPSA) is 46.9 Å². The molecule has 1 heterocycles. The molecule has 0 aliphatic rings. The molecule has 0 unspecified atom stereocenters. The van der Waals surface area contributed by atoms with E-state index in [0.717, 1.165) is 15.3 Å². The molecule has 0 aliphatic carbocycles. The van der Waals surface area contributed by atoms with Gasteiger partial charge in [-0.1, -0.05) is 27.7 Å². The van der Waals surface area contributed by atoms with E-state index in [1.54, 1.807) is 6.20 Å². The van der Waals surface area contributed by atoms with E-state index in [-0.39, 0.29) is 11.4 Å². The summed E-state index contributed by atoms with van der Waals surface area (Å²) in [5.41, 5.74) is 0.813. The first-order chi connectivity index (χ1) is 9.85. The summed E-state index contributed by atoms with van der Waals surface area (Å²) >= 11 is 4.85. The summed E-state index contributed by atoms with van der Waals surface area (Å²) in [6.45, 7) is 5.91. The van der Waals surface area contributed by atoms with Gasteiger partial charge in [-0.05, 0) is 45.0 Å². The minimum Gasteiger partial charge on any atom is -0.351 e. The fraction of sp³-hybridized carbons (Fsp3) is 0.333. The van der Waals surface area contributed by atoms with Crippen molar-refractivity contribution in [1.82, 2.24) is 14.9 Å². The van der Waals surface area contributed by atoms with Crippen LogP contribution < -0.4 is 5.32 Å². The van der Waals surface area contributed by atoms with Gasteiger partial charge in [-0.25, -0.2) is 4.98 Å². The Kier molecular flexibility index (Phi) is 5.11. The predicted molar refractivity (Wildman–Crippen MR) is 89.9 cm³/mol. The van der Waals surface area contributed by atoms with Crippen molar-refractivity contribution in [2.75, 3.05) is 5.75 Å². The average molecular weight is 368 g/mol. The fourth-order valence-electron chi connectivity index (χ4n) is 1.78. The second-order valence-corrected chi connectivity index (χ2v) is 7.50. The van der Waals surface area contributed by atoms with Crippen molar-refractivity contribution in [3.05, 3.63) is 41.1 Å². The highest BCUT2D eigenvalue weighted by Gasteiger charge is 2.15. The Hall–Kier alpha value is -1.27. The maximum Gasteiger partial charge on any atom is 0.230 e. The van der Waals surface area contributed by atoms with Gasteiger partial charge in [-0.2, -0.15) is 0 Å². The van der Waals surface area contributed by atoms with Crippen molar-refractivity contribution in [2.24, 2.45) is 0 Å². The molecule has 6 heteroatoms. The minimum atomic E-state index is -0.210. The van der Waals surface area contributed by atoms with Gasteiger partial charge in [0, 0.05) is 28.1 Å². The molecule has 1 N–H and O–H groups in total. The minimum absolute atomic E-state index is 0.0119. The normalized spacial score (nSPS) is 11.4. The third-order valence-electron chi connectivity index (χ3n) is 2.56. The number of carbonyl (C=O) groups is 1. The van der Waals surface area contributed by atoms with Crippen LogP contribution in [-0.4, -0.2) is 26.8 Å². The van der Waals surface area contributed by atoms with Gasteiger partial charge in [-0.3, -0.25) is 9.36 Å². The lowest BCUT2D eigenvalue weighted by Gasteiger charge is -2.20. The highest BCUT2D eigenvalue weighted by molar-refractivity contribution is 9.10. The van der Waals surface area contributed by atoms with Gasteiger partial charge in [0.2, 0.25) is 5.91 Å². The number of nitrogens with zero attached hydrogens (tertiary/aromatic N) is 2. The van der Waals surface area contributed by atoms with E-state index < -0.39 is 0 Å².